The third-order valence-electron chi connectivity index (χ3n) is 4.17. The Morgan fingerprint density at radius 3 is 2.70 bits per heavy atom. The summed E-state index contributed by atoms with van der Waals surface area (Å²) in [7, 11) is 4.16. The zero-order valence-corrected chi connectivity index (χ0v) is 12.5. The zero-order chi connectivity index (χ0) is 14.5. The molecule has 4 heteroatoms. The van der Waals surface area contributed by atoms with Crippen LogP contribution in [0, 0.1) is 0 Å². The number of carbonyl (C=O) groups is 1. The molecule has 0 radical (unpaired) electrons. The Morgan fingerprint density at radius 1 is 1.40 bits per heavy atom. The first kappa shape index (κ1) is 15.0. The molecule has 1 aliphatic heterocycles. The third kappa shape index (κ3) is 3.38. The quantitative estimate of drug-likeness (QED) is 0.900. The smallest absolute Gasteiger partial charge is 0.231 e. The molecule has 1 saturated heterocycles. The average molecular weight is 275 g/mol. The number of hydrogen-bond acceptors (Lipinski definition) is 3. The van der Waals surface area contributed by atoms with Crippen molar-refractivity contribution in [2.45, 2.75) is 24.8 Å². The molecule has 1 heterocycles. The van der Waals surface area contributed by atoms with Gasteiger partial charge in [0.1, 0.15) is 0 Å². The van der Waals surface area contributed by atoms with Crippen LogP contribution in [0.5, 0.6) is 0 Å². The van der Waals surface area contributed by atoms with Gasteiger partial charge < -0.3 is 15.5 Å². The lowest BCUT2D eigenvalue weighted by atomic mass is 9.95. The molecule has 2 N–H and O–H groups in total. The fraction of sp³-hybridized carbons (Fsp3) is 0.562. The van der Waals surface area contributed by atoms with Crippen LogP contribution >= 0.6 is 0 Å². The van der Waals surface area contributed by atoms with E-state index in [9.17, 15) is 4.79 Å². The lowest BCUT2D eigenvalue weighted by Gasteiger charge is -2.37. The van der Waals surface area contributed by atoms with Gasteiger partial charge in [0, 0.05) is 25.7 Å². The molecule has 1 aromatic rings. The van der Waals surface area contributed by atoms with E-state index in [2.05, 4.69) is 19.0 Å². The summed E-state index contributed by atoms with van der Waals surface area (Å²) in [6, 6.07) is 10.3. The van der Waals surface area contributed by atoms with E-state index in [0.29, 0.717) is 12.6 Å². The van der Waals surface area contributed by atoms with Gasteiger partial charge in [-0.25, -0.2) is 0 Å². The Labute approximate surface area is 121 Å². The van der Waals surface area contributed by atoms with Crippen molar-refractivity contribution < 1.29 is 4.79 Å². The second-order valence-electron chi connectivity index (χ2n) is 5.74. The fourth-order valence-corrected chi connectivity index (χ4v) is 2.86. The van der Waals surface area contributed by atoms with Crippen LogP contribution in [0.1, 0.15) is 24.3 Å². The minimum Gasteiger partial charge on any atom is -0.341 e. The van der Waals surface area contributed by atoms with E-state index in [4.69, 9.17) is 5.73 Å². The monoisotopic (exact) mass is 275 g/mol. The van der Waals surface area contributed by atoms with E-state index in [-0.39, 0.29) is 11.8 Å². The van der Waals surface area contributed by atoms with Crippen LogP contribution in [0.15, 0.2) is 30.3 Å². The molecule has 0 aliphatic carbocycles. The molecular weight excluding hydrogens is 250 g/mol. The van der Waals surface area contributed by atoms with Crippen molar-refractivity contribution in [3.63, 3.8) is 0 Å². The summed E-state index contributed by atoms with van der Waals surface area (Å²) < 4.78 is 0. The van der Waals surface area contributed by atoms with Crippen molar-refractivity contribution in [3.05, 3.63) is 35.9 Å². The maximum atomic E-state index is 12.7. The Balaban J connectivity index is 2.09. The van der Waals surface area contributed by atoms with Crippen molar-refractivity contribution in [1.29, 1.82) is 0 Å². The highest BCUT2D eigenvalue weighted by atomic mass is 16.2. The molecule has 2 rings (SSSR count). The molecule has 110 valence electrons. The Morgan fingerprint density at radius 2 is 2.10 bits per heavy atom. The van der Waals surface area contributed by atoms with Crippen LogP contribution in [-0.2, 0) is 4.79 Å². The first-order valence-electron chi connectivity index (χ1n) is 7.33. The molecule has 4 nitrogen and oxygen atoms in total. The Bertz CT molecular complexity index is 433. The van der Waals surface area contributed by atoms with Gasteiger partial charge in [-0.2, -0.15) is 0 Å². The molecule has 0 unspecified atom stereocenters. The fourth-order valence-electron chi connectivity index (χ4n) is 2.86. The number of likely N-dealkylation sites (tertiary alicyclic amines) is 1. The van der Waals surface area contributed by atoms with Gasteiger partial charge in [0.15, 0.2) is 0 Å². The van der Waals surface area contributed by atoms with E-state index >= 15 is 0 Å². The largest absolute Gasteiger partial charge is 0.341 e. The molecule has 1 aliphatic rings. The minimum absolute atomic E-state index is 0.172. The summed E-state index contributed by atoms with van der Waals surface area (Å²) in [5.41, 5.74) is 6.87. The summed E-state index contributed by atoms with van der Waals surface area (Å²) in [6.45, 7) is 2.04. The first-order valence-corrected chi connectivity index (χ1v) is 7.33. The SMILES string of the molecule is CN(C)[C@H]1CCCN(C(=O)[C@H](CN)c2ccccc2)C1. The molecular formula is C16H25N3O. The van der Waals surface area contributed by atoms with Gasteiger partial charge in [0.05, 0.1) is 5.92 Å². The number of benzene rings is 1. The number of amides is 1. The Kier molecular flexibility index (Phi) is 5.15. The second-order valence-corrected chi connectivity index (χ2v) is 5.74. The standard InChI is InChI=1S/C16H25N3O/c1-18(2)14-9-6-10-19(12-14)16(20)15(11-17)13-7-4-3-5-8-13/h3-5,7-8,14-15H,6,9-12,17H2,1-2H3/t14-,15+/m0/s1. The van der Waals surface area contributed by atoms with Crippen LogP contribution in [0.25, 0.3) is 0 Å². The second kappa shape index (κ2) is 6.86. The number of carbonyl (C=O) groups excluding carboxylic acids is 1. The molecule has 0 bridgehead atoms. The van der Waals surface area contributed by atoms with Gasteiger partial charge in [0.25, 0.3) is 0 Å². The highest BCUT2D eigenvalue weighted by Crippen LogP contribution is 2.21. The topological polar surface area (TPSA) is 49.6 Å². The number of rotatable bonds is 4. The summed E-state index contributed by atoms with van der Waals surface area (Å²) in [5.74, 6) is -0.0395. The molecule has 2 atom stereocenters. The van der Waals surface area contributed by atoms with Crippen LogP contribution in [-0.4, -0.2) is 55.5 Å². The van der Waals surface area contributed by atoms with Crippen molar-refractivity contribution in [3.8, 4) is 0 Å². The van der Waals surface area contributed by atoms with Gasteiger partial charge in [-0.3, -0.25) is 4.79 Å². The Hall–Kier alpha value is -1.39. The minimum atomic E-state index is -0.211. The molecule has 0 aromatic heterocycles. The molecule has 0 spiro atoms. The average Bonchev–Trinajstić information content (AvgIpc) is 2.49. The lowest BCUT2D eigenvalue weighted by Crippen LogP contribution is -2.49. The number of nitrogens with zero attached hydrogens (tertiary/aromatic N) is 2. The van der Waals surface area contributed by atoms with Crippen molar-refractivity contribution >= 4 is 5.91 Å². The summed E-state index contributed by atoms with van der Waals surface area (Å²) >= 11 is 0. The highest BCUT2D eigenvalue weighted by Gasteiger charge is 2.29. The van der Waals surface area contributed by atoms with Crippen molar-refractivity contribution in [2.24, 2.45) is 5.73 Å². The summed E-state index contributed by atoms with van der Waals surface area (Å²) in [5, 5.41) is 0. The van der Waals surface area contributed by atoms with E-state index in [1.807, 2.05) is 35.2 Å². The summed E-state index contributed by atoms with van der Waals surface area (Å²) in [6.07, 6.45) is 2.23. The van der Waals surface area contributed by atoms with Crippen LogP contribution in [0.3, 0.4) is 0 Å². The van der Waals surface area contributed by atoms with Crippen molar-refractivity contribution in [1.82, 2.24) is 9.80 Å². The molecule has 1 fully saturated rings. The normalized spacial score (nSPS) is 21.0. The maximum absolute atomic E-state index is 12.7. The first-order chi connectivity index (χ1) is 9.63. The molecule has 20 heavy (non-hydrogen) atoms. The van der Waals surface area contributed by atoms with Gasteiger partial charge >= 0.3 is 0 Å². The van der Waals surface area contributed by atoms with Crippen LogP contribution in [0.4, 0.5) is 0 Å². The molecule has 1 aromatic carbocycles. The van der Waals surface area contributed by atoms with E-state index in [0.717, 1.165) is 31.5 Å². The predicted molar refractivity (Wildman–Crippen MR) is 81.5 cm³/mol. The molecule has 1 amide bonds. The zero-order valence-electron chi connectivity index (χ0n) is 12.5. The van der Waals surface area contributed by atoms with E-state index < -0.39 is 0 Å². The van der Waals surface area contributed by atoms with E-state index in [1.54, 1.807) is 0 Å². The van der Waals surface area contributed by atoms with Crippen LogP contribution in [0.2, 0.25) is 0 Å². The number of likely N-dealkylation sites (N-methyl/N-ethyl adjacent to an activating group) is 1. The number of piperidine rings is 1. The van der Waals surface area contributed by atoms with E-state index in [1.165, 1.54) is 0 Å². The predicted octanol–water partition coefficient (Wildman–Crippen LogP) is 1.28. The van der Waals surface area contributed by atoms with Gasteiger partial charge in [-0.1, -0.05) is 30.3 Å². The van der Waals surface area contributed by atoms with Crippen molar-refractivity contribution in [2.75, 3.05) is 33.7 Å². The lowest BCUT2D eigenvalue weighted by molar-refractivity contribution is -0.134. The van der Waals surface area contributed by atoms with Gasteiger partial charge in [0.2, 0.25) is 5.91 Å². The third-order valence-corrected chi connectivity index (χ3v) is 4.17. The van der Waals surface area contributed by atoms with Gasteiger partial charge in [-0.05, 0) is 32.5 Å². The van der Waals surface area contributed by atoms with Gasteiger partial charge in [-0.15, -0.1) is 0 Å². The maximum Gasteiger partial charge on any atom is 0.231 e. The molecule has 0 saturated carbocycles. The summed E-state index contributed by atoms with van der Waals surface area (Å²) in [4.78, 5) is 16.9. The number of hydrogen-bond donors (Lipinski definition) is 1. The number of nitrogens with two attached hydrogens (primary N) is 1. The highest BCUT2D eigenvalue weighted by molar-refractivity contribution is 5.84. The van der Waals surface area contributed by atoms with Crippen LogP contribution < -0.4 is 5.73 Å².